The van der Waals surface area contributed by atoms with Gasteiger partial charge in [0.2, 0.25) is 0 Å². The minimum atomic E-state index is -0.371. The fourth-order valence-corrected chi connectivity index (χ4v) is 2.08. The molecule has 0 saturated carbocycles. The van der Waals surface area contributed by atoms with Crippen LogP contribution in [0.1, 0.15) is 11.1 Å². The number of hydrogen-bond donors (Lipinski definition) is 1. The lowest BCUT2D eigenvalue weighted by Gasteiger charge is -2.12. The van der Waals surface area contributed by atoms with Crippen molar-refractivity contribution in [2.45, 2.75) is 12.8 Å². The van der Waals surface area contributed by atoms with E-state index in [4.69, 9.17) is 15.2 Å². The maximum absolute atomic E-state index is 13.9. The van der Waals surface area contributed by atoms with E-state index in [0.29, 0.717) is 25.3 Å². The third-order valence-corrected chi connectivity index (χ3v) is 3.20. The van der Waals surface area contributed by atoms with Crippen molar-refractivity contribution in [3.05, 3.63) is 59.4 Å². The van der Waals surface area contributed by atoms with Crippen LogP contribution < -0.4 is 10.5 Å². The molecule has 0 aliphatic rings. The van der Waals surface area contributed by atoms with Crippen molar-refractivity contribution < 1.29 is 13.9 Å². The Morgan fingerprint density at radius 1 is 1.05 bits per heavy atom. The highest BCUT2D eigenvalue weighted by molar-refractivity contribution is 5.40. The monoisotopic (exact) mass is 289 g/mol. The second kappa shape index (κ2) is 7.76. The fourth-order valence-electron chi connectivity index (χ4n) is 2.08. The van der Waals surface area contributed by atoms with E-state index in [2.05, 4.69) is 0 Å². The molecule has 4 heteroatoms. The van der Waals surface area contributed by atoms with Crippen LogP contribution in [0.3, 0.4) is 0 Å². The quantitative estimate of drug-likeness (QED) is 0.850. The summed E-state index contributed by atoms with van der Waals surface area (Å²) in [5.74, 6) is 0.497. The van der Waals surface area contributed by atoms with E-state index in [-0.39, 0.29) is 11.6 Å². The lowest BCUT2D eigenvalue weighted by molar-refractivity contribution is 0.202. The van der Waals surface area contributed by atoms with Gasteiger partial charge in [0.05, 0.1) is 6.61 Å². The number of hydrogen-bond acceptors (Lipinski definition) is 3. The van der Waals surface area contributed by atoms with Crippen molar-refractivity contribution in [2.75, 3.05) is 20.3 Å². The van der Waals surface area contributed by atoms with Crippen LogP contribution in [-0.2, 0) is 17.6 Å². The Kier molecular flexibility index (Phi) is 5.72. The van der Waals surface area contributed by atoms with Crippen molar-refractivity contribution in [1.29, 1.82) is 0 Å². The molecule has 3 nitrogen and oxygen atoms in total. The lowest BCUT2D eigenvalue weighted by atomic mass is 10.1. The lowest BCUT2D eigenvalue weighted by Crippen LogP contribution is -2.05. The van der Waals surface area contributed by atoms with E-state index >= 15 is 0 Å². The van der Waals surface area contributed by atoms with Crippen molar-refractivity contribution in [1.82, 2.24) is 0 Å². The Labute approximate surface area is 124 Å². The predicted octanol–water partition coefficient (Wildman–Crippen LogP) is 3.31. The Morgan fingerprint density at radius 3 is 2.48 bits per heavy atom. The average molecular weight is 289 g/mol. The minimum Gasteiger partial charge on any atom is -0.454 e. The number of methoxy groups -OCH3 is 1. The van der Waals surface area contributed by atoms with Gasteiger partial charge in [-0.2, -0.15) is 0 Å². The molecule has 112 valence electrons. The summed E-state index contributed by atoms with van der Waals surface area (Å²) in [6.07, 6.45) is 1.42. The van der Waals surface area contributed by atoms with Gasteiger partial charge in [-0.05, 0) is 48.7 Å². The van der Waals surface area contributed by atoms with E-state index in [1.165, 1.54) is 6.07 Å². The predicted molar refractivity (Wildman–Crippen MR) is 81.3 cm³/mol. The topological polar surface area (TPSA) is 44.5 Å². The van der Waals surface area contributed by atoms with Gasteiger partial charge in [0.15, 0.2) is 11.6 Å². The molecule has 0 unspecified atom stereocenters. The fraction of sp³-hybridized carbons (Fsp3) is 0.294. The average Bonchev–Trinajstić information content (AvgIpc) is 2.50. The summed E-state index contributed by atoms with van der Waals surface area (Å²) in [5.41, 5.74) is 7.48. The highest BCUT2D eigenvalue weighted by Crippen LogP contribution is 2.28. The molecule has 21 heavy (non-hydrogen) atoms. The van der Waals surface area contributed by atoms with Crippen LogP contribution in [0.2, 0.25) is 0 Å². The molecule has 2 aromatic carbocycles. The zero-order valence-corrected chi connectivity index (χ0v) is 12.1. The second-order valence-corrected chi connectivity index (χ2v) is 4.76. The standard InChI is InChI=1S/C17H20FNO2/c1-20-12-10-13-5-7-15(8-6-13)21-17-14(9-11-19)3-2-4-16(17)18/h2-8H,9-12,19H2,1H3. The molecular weight excluding hydrogens is 269 g/mol. The molecule has 0 amide bonds. The van der Waals surface area contributed by atoms with Gasteiger partial charge in [0.1, 0.15) is 5.75 Å². The molecule has 0 aromatic heterocycles. The zero-order valence-electron chi connectivity index (χ0n) is 12.1. The first-order valence-electron chi connectivity index (χ1n) is 6.97. The Hall–Kier alpha value is -1.91. The molecule has 0 saturated heterocycles. The number of rotatable bonds is 7. The summed E-state index contributed by atoms with van der Waals surface area (Å²) in [6, 6.07) is 12.5. The van der Waals surface area contributed by atoms with Crippen molar-refractivity contribution >= 4 is 0 Å². The van der Waals surface area contributed by atoms with Gasteiger partial charge in [0.25, 0.3) is 0 Å². The van der Waals surface area contributed by atoms with Crippen LogP contribution in [0.25, 0.3) is 0 Å². The highest BCUT2D eigenvalue weighted by atomic mass is 19.1. The number of benzene rings is 2. The summed E-state index contributed by atoms with van der Waals surface area (Å²) in [6.45, 7) is 1.13. The zero-order chi connectivity index (χ0) is 15.1. The maximum atomic E-state index is 13.9. The number of halogens is 1. The SMILES string of the molecule is COCCc1ccc(Oc2c(F)cccc2CCN)cc1. The van der Waals surface area contributed by atoms with Crippen LogP contribution in [0.4, 0.5) is 4.39 Å². The molecule has 0 bridgehead atoms. The van der Waals surface area contributed by atoms with Gasteiger partial charge in [-0.1, -0.05) is 24.3 Å². The van der Waals surface area contributed by atoms with Gasteiger partial charge in [-0.25, -0.2) is 4.39 Å². The van der Waals surface area contributed by atoms with Crippen LogP contribution in [-0.4, -0.2) is 20.3 Å². The van der Waals surface area contributed by atoms with E-state index in [9.17, 15) is 4.39 Å². The largest absolute Gasteiger partial charge is 0.454 e. The molecule has 0 aliphatic carbocycles. The van der Waals surface area contributed by atoms with E-state index in [1.54, 1.807) is 13.2 Å². The van der Waals surface area contributed by atoms with E-state index in [0.717, 1.165) is 17.5 Å². The first kappa shape index (κ1) is 15.5. The minimum absolute atomic E-state index is 0.257. The molecule has 0 fully saturated rings. The normalized spacial score (nSPS) is 10.6. The maximum Gasteiger partial charge on any atom is 0.166 e. The van der Waals surface area contributed by atoms with Crippen molar-refractivity contribution in [3.8, 4) is 11.5 Å². The van der Waals surface area contributed by atoms with Gasteiger partial charge in [-0.15, -0.1) is 0 Å². The summed E-state index contributed by atoms with van der Waals surface area (Å²) in [5, 5.41) is 0. The number of nitrogens with two attached hydrogens (primary N) is 1. The van der Waals surface area contributed by atoms with Crippen LogP contribution in [0.15, 0.2) is 42.5 Å². The first-order chi connectivity index (χ1) is 10.2. The molecule has 0 heterocycles. The summed E-state index contributed by atoms with van der Waals surface area (Å²) in [4.78, 5) is 0. The van der Waals surface area contributed by atoms with Crippen molar-refractivity contribution in [3.63, 3.8) is 0 Å². The highest BCUT2D eigenvalue weighted by Gasteiger charge is 2.10. The third kappa shape index (κ3) is 4.28. The first-order valence-corrected chi connectivity index (χ1v) is 6.97. The molecule has 0 spiro atoms. The summed E-state index contributed by atoms with van der Waals surface area (Å²) < 4.78 is 24.7. The van der Waals surface area contributed by atoms with Crippen LogP contribution in [0.5, 0.6) is 11.5 Å². The Morgan fingerprint density at radius 2 is 1.81 bits per heavy atom. The Balaban J connectivity index is 2.14. The third-order valence-electron chi connectivity index (χ3n) is 3.20. The van der Waals surface area contributed by atoms with Crippen molar-refractivity contribution in [2.24, 2.45) is 5.73 Å². The molecule has 2 rings (SSSR count). The van der Waals surface area contributed by atoms with E-state index < -0.39 is 0 Å². The van der Waals surface area contributed by atoms with Gasteiger partial charge >= 0.3 is 0 Å². The molecule has 2 aromatic rings. The molecule has 0 atom stereocenters. The Bertz CT molecular complexity index is 570. The van der Waals surface area contributed by atoms with Gasteiger partial charge in [-0.3, -0.25) is 0 Å². The number of ether oxygens (including phenoxy) is 2. The van der Waals surface area contributed by atoms with Gasteiger partial charge in [0, 0.05) is 7.11 Å². The molecule has 0 aliphatic heterocycles. The van der Waals surface area contributed by atoms with Gasteiger partial charge < -0.3 is 15.2 Å². The smallest absolute Gasteiger partial charge is 0.166 e. The van der Waals surface area contributed by atoms with Crippen LogP contribution >= 0.6 is 0 Å². The summed E-state index contributed by atoms with van der Waals surface area (Å²) >= 11 is 0. The molecule has 0 radical (unpaired) electrons. The molecule has 2 N–H and O–H groups in total. The van der Waals surface area contributed by atoms with Crippen LogP contribution in [0, 0.1) is 5.82 Å². The second-order valence-electron chi connectivity index (χ2n) is 4.76. The number of para-hydroxylation sites is 1. The summed E-state index contributed by atoms with van der Waals surface area (Å²) in [7, 11) is 1.68. The van der Waals surface area contributed by atoms with E-state index in [1.807, 2.05) is 30.3 Å². The molecular formula is C17H20FNO2.